The Morgan fingerprint density at radius 2 is 1.63 bits per heavy atom. The first-order valence-electron chi connectivity index (χ1n) is 14.8. The monoisotopic (exact) mass is 654 g/mol. The van der Waals surface area contributed by atoms with Crippen molar-refractivity contribution in [1.82, 2.24) is 19.7 Å². The molecule has 0 radical (unpaired) electrons. The van der Waals surface area contributed by atoms with Crippen molar-refractivity contribution in [2.45, 2.75) is 58.2 Å². The van der Waals surface area contributed by atoms with Crippen molar-refractivity contribution < 1.29 is 32.5 Å². The zero-order valence-electron chi connectivity index (χ0n) is 25.6. The molecular formula is C34H34ClF3N4O4. The van der Waals surface area contributed by atoms with Crippen molar-refractivity contribution in [3.63, 3.8) is 0 Å². The molecule has 0 saturated heterocycles. The molecule has 0 saturated carbocycles. The molecular weight excluding hydrogens is 621 g/mol. The second-order valence-electron chi connectivity index (χ2n) is 11.9. The lowest BCUT2D eigenvalue weighted by Crippen LogP contribution is -2.26. The molecule has 2 N–H and O–H groups in total. The quantitative estimate of drug-likeness (QED) is 0.111. The largest absolute Gasteiger partial charge is 0.493 e. The molecule has 5 aromatic rings. The predicted octanol–water partition coefficient (Wildman–Crippen LogP) is 7.87. The van der Waals surface area contributed by atoms with Crippen LogP contribution >= 0.6 is 11.6 Å². The van der Waals surface area contributed by atoms with E-state index in [2.05, 4.69) is 15.1 Å². The van der Waals surface area contributed by atoms with Crippen LogP contribution in [0, 0.1) is 0 Å². The Kier molecular flexibility index (Phi) is 9.74. The van der Waals surface area contributed by atoms with Gasteiger partial charge in [-0.1, -0.05) is 48.0 Å². The Bertz CT molecular complexity index is 1810. The van der Waals surface area contributed by atoms with Gasteiger partial charge >= 0.3 is 12.1 Å². The second kappa shape index (κ2) is 13.6. The average molecular weight is 655 g/mol. The van der Waals surface area contributed by atoms with Gasteiger partial charge in [-0.25, -0.2) is 9.78 Å². The summed E-state index contributed by atoms with van der Waals surface area (Å²) in [5, 5.41) is 16.4. The Labute approximate surface area is 269 Å². The number of benzene rings is 3. The molecule has 0 aliphatic rings. The van der Waals surface area contributed by atoms with Crippen molar-refractivity contribution in [3.8, 4) is 23.1 Å². The number of aromatic hydroxyl groups is 1. The van der Waals surface area contributed by atoms with E-state index in [9.17, 15) is 23.1 Å². The van der Waals surface area contributed by atoms with Gasteiger partial charge in [0.1, 0.15) is 17.9 Å². The van der Waals surface area contributed by atoms with Crippen LogP contribution in [0.3, 0.4) is 0 Å². The van der Waals surface area contributed by atoms with Crippen molar-refractivity contribution in [2.75, 3.05) is 13.2 Å². The molecule has 0 spiro atoms. The van der Waals surface area contributed by atoms with Gasteiger partial charge in [0.15, 0.2) is 0 Å². The maximum absolute atomic E-state index is 13.2. The molecule has 46 heavy (non-hydrogen) atoms. The number of rotatable bonds is 11. The number of nitrogens with zero attached hydrogens (tertiary/aromatic N) is 3. The molecule has 0 aliphatic carbocycles. The Balaban J connectivity index is 1.29. The number of aromatic amines is 1. The van der Waals surface area contributed by atoms with Gasteiger partial charge in [-0.15, -0.1) is 0 Å². The zero-order chi connectivity index (χ0) is 33.1. The first-order chi connectivity index (χ1) is 21.8. The van der Waals surface area contributed by atoms with E-state index in [0.29, 0.717) is 52.3 Å². The van der Waals surface area contributed by atoms with Crippen LogP contribution in [-0.4, -0.2) is 49.6 Å². The third-order valence-corrected chi connectivity index (χ3v) is 7.39. The Hall–Kier alpha value is -4.35. The van der Waals surface area contributed by atoms with E-state index >= 15 is 0 Å². The highest BCUT2D eigenvalue weighted by Gasteiger charge is 2.30. The highest BCUT2D eigenvalue weighted by Crippen LogP contribution is 2.35. The summed E-state index contributed by atoms with van der Waals surface area (Å²) < 4.78 is 51.6. The number of carbonyl (C=O) groups excluding carboxylic acids is 1. The average Bonchev–Trinajstić information content (AvgIpc) is 3.55. The van der Waals surface area contributed by atoms with Gasteiger partial charge in [-0.05, 0) is 87.9 Å². The number of halogens is 4. The van der Waals surface area contributed by atoms with E-state index in [1.54, 1.807) is 18.2 Å². The standard InChI is InChI=1S/C34H34ClF3N4O4/c1-33(2,3)46-29(43)20-45-18-4-5-21-6-8-22(9-7-21)10-16-26-30(23-11-13-24(14-12-23)34(36,37)38)41-42(31(26)44)32-39-27-17-15-25(35)19-28(27)40-32/h6-9,11-15,17,19,44H,4-5,10,16,18,20H2,1-3H3,(H,39,40). The molecule has 8 nitrogen and oxygen atoms in total. The molecule has 2 heterocycles. The Morgan fingerprint density at radius 1 is 0.957 bits per heavy atom. The number of esters is 1. The summed E-state index contributed by atoms with van der Waals surface area (Å²) in [6.07, 6.45) is -2.06. The van der Waals surface area contributed by atoms with Crippen LogP contribution in [0.25, 0.3) is 28.2 Å². The third kappa shape index (κ3) is 8.27. The minimum atomic E-state index is -4.47. The fourth-order valence-electron chi connectivity index (χ4n) is 4.98. The van der Waals surface area contributed by atoms with Crippen LogP contribution in [0.15, 0.2) is 66.7 Å². The molecule has 0 aliphatic heterocycles. The number of ether oxygens (including phenoxy) is 2. The predicted molar refractivity (Wildman–Crippen MR) is 169 cm³/mol. The third-order valence-electron chi connectivity index (χ3n) is 7.16. The summed E-state index contributed by atoms with van der Waals surface area (Å²) in [5.41, 5.74) is 3.31. The van der Waals surface area contributed by atoms with Gasteiger partial charge in [0.05, 0.1) is 16.6 Å². The molecule has 2 aromatic heterocycles. The molecule has 3 aromatic carbocycles. The minimum Gasteiger partial charge on any atom is -0.493 e. The van der Waals surface area contributed by atoms with Gasteiger partial charge in [-0.3, -0.25) is 0 Å². The first kappa shape index (κ1) is 33.0. The fraction of sp³-hybridized carbons (Fsp3) is 0.324. The molecule has 242 valence electrons. The molecule has 0 unspecified atom stereocenters. The molecule has 0 bridgehead atoms. The van der Waals surface area contributed by atoms with Gasteiger partial charge in [-0.2, -0.15) is 23.0 Å². The van der Waals surface area contributed by atoms with Crippen LogP contribution < -0.4 is 0 Å². The Morgan fingerprint density at radius 3 is 2.28 bits per heavy atom. The van der Waals surface area contributed by atoms with Crippen molar-refractivity contribution >= 4 is 28.6 Å². The first-order valence-corrected chi connectivity index (χ1v) is 15.2. The normalized spacial score (nSPS) is 12.2. The molecule has 0 atom stereocenters. The van der Waals surface area contributed by atoms with E-state index in [1.807, 2.05) is 45.0 Å². The highest BCUT2D eigenvalue weighted by atomic mass is 35.5. The number of imidazole rings is 1. The zero-order valence-corrected chi connectivity index (χ0v) is 26.4. The summed E-state index contributed by atoms with van der Waals surface area (Å²) >= 11 is 6.11. The number of hydrogen-bond donors (Lipinski definition) is 2. The van der Waals surface area contributed by atoms with Crippen LogP contribution in [0.2, 0.25) is 5.02 Å². The topological polar surface area (TPSA) is 102 Å². The van der Waals surface area contributed by atoms with Crippen molar-refractivity contribution in [3.05, 3.63) is 94.0 Å². The summed E-state index contributed by atoms with van der Waals surface area (Å²) in [6.45, 7) is 5.76. The lowest BCUT2D eigenvalue weighted by atomic mass is 9.99. The van der Waals surface area contributed by atoms with E-state index in [-0.39, 0.29) is 18.4 Å². The number of fused-ring (bicyclic) bond motifs is 1. The van der Waals surface area contributed by atoms with Crippen LogP contribution in [0.4, 0.5) is 13.2 Å². The maximum Gasteiger partial charge on any atom is 0.416 e. The molecule has 0 amide bonds. The smallest absolute Gasteiger partial charge is 0.416 e. The number of nitrogens with one attached hydrogen (secondary N) is 1. The number of carbonyl (C=O) groups is 1. The summed E-state index contributed by atoms with van der Waals surface area (Å²) in [5.74, 6) is -0.311. The summed E-state index contributed by atoms with van der Waals surface area (Å²) in [6, 6.07) is 17.9. The molecule has 12 heteroatoms. The molecule has 5 rings (SSSR count). The van der Waals surface area contributed by atoms with Crippen molar-refractivity contribution in [1.29, 1.82) is 0 Å². The fourth-order valence-corrected chi connectivity index (χ4v) is 5.15. The number of aryl methyl sites for hydroxylation is 2. The van der Waals surface area contributed by atoms with Crippen LogP contribution in [-0.2, 0) is 39.7 Å². The van der Waals surface area contributed by atoms with E-state index < -0.39 is 23.3 Å². The van der Waals surface area contributed by atoms with Crippen LogP contribution in [0.1, 0.15) is 49.4 Å². The van der Waals surface area contributed by atoms with Gasteiger partial charge in [0.2, 0.25) is 11.8 Å². The lowest BCUT2D eigenvalue weighted by molar-refractivity contribution is -0.160. The van der Waals surface area contributed by atoms with E-state index in [1.165, 1.54) is 16.8 Å². The lowest BCUT2D eigenvalue weighted by Gasteiger charge is -2.19. The number of aromatic nitrogens is 4. The summed E-state index contributed by atoms with van der Waals surface area (Å²) in [4.78, 5) is 19.4. The number of hydrogen-bond acceptors (Lipinski definition) is 6. The number of H-pyrrole nitrogens is 1. The van der Waals surface area contributed by atoms with Crippen LogP contribution in [0.5, 0.6) is 5.88 Å². The van der Waals surface area contributed by atoms with Gasteiger partial charge in [0, 0.05) is 22.8 Å². The van der Waals surface area contributed by atoms with Crippen molar-refractivity contribution in [2.24, 2.45) is 0 Å². The highest BCUT2D eigenvalue weighted by molar-refractivity contribution is 6.31. The van der Waals surface area contributed by atoms with E-state index in [0.717, 1.165) is 36.1 Å². The maximum atomic E-state index is 13.2. The summed E-state index contributed by atoms with van der Waals surface area (Å²) in [7, 11) is 0. The second-order valence-corrected chi connectivity index (χ2v) is 12.4. The van der Waals surface area contributed by atoms with E-state index in [4.69, 9.17) is 21.1 Å². The number of alkyl halides is 3. The minimum absolute atomic E-state index is 0.0845. The van der Waals surface area contributed by atoms with Gasteiger partial charge < -0.3 is 19.6 Å². The SMILES string of the molecule is CC(C)(C)OC(=O)COCCCc1ccc(CCc2c(-c3ccc(C(F)(F)F)cc3)nn(-c3nc4cc(Cl)ccc4[nH]3)c2O)cc1. The molecule has 0 fully saturated rings. The van der Waals surface area contributed by atoms with Gasteiger partial charge in [0.25, 0.3) is 0 Å².